The number of aromatic nitrogens is 2. The fraction of sp³-hybridized carbons (Fsp3) is 0.394. The van der Waals surface area contributed by atoms with Crippen molar-refractivity contribution in [1.29, 1.82) is 0 Å². The van der Waals surface area contributed by atoms with Gasteiger partial charge in [-0.25, -0.2) is 4.98 Å². The van der Waals surface area contributed by atoms with E-state index < -0.39 is 0 Å². The first-order valence-corrected chi connectivity index (χ1v) is 13.6. The van der Waals surface area contributed by atoms with Crippen LogP contribution >= 0.6 is 0 Å². The summed E-state index contributed by atoms with van der Waals surface area (Å²) >= 11 is 0. The van der Waals surface area contributed by atoms with E-state index in [1.165, 1.54) is 11.1 Å². The third-order valence-corrected chi connectivity index (χ3v) is 7.84. The smallest absolute Gasteiger partial charge is 0.255 e. The Morgan fingerprint density at radius 3 is 2.26 bits per heavy atom. The minimum atomic E-state index is -0.104. The fourth-order valence-electron chi connectivity index (χ4n) is 5.76. The Hall–Kier alpha value is -3.60. The molecule has 38 heavy (non-hydrogen) atoms. The third kappa shape index (κ3) is 4.70. The molecule has 1 aliphatic heterocycles. The number of nitrogens with zero attached hydrogens (tertiary/aromatic N) is 3. The van der Waals surface area contributed by atoms with Gasteiger partial charge in [-0.3, -0.25) is 9.36 Å². The van der Waals surface area contributed by atoms with E-state index in [-0.39, 0.29) is 17.4 Å². The zero-order valence-corrected chi connectivity index (χ0v) is 23.8. The average molecular weight is 510 g/mol. The molecule has 5 heteroatoms. The number of hydrogen-bond acceptors (Lipinski definition) is 3. The van der Waals surface area contributed by atoms with Crippen LogP contribution in [0.3, 0.4) is 0 Å². The van der Waals surface area contributed by atoms with E-state index in [0.29, 0.717) is 0 Å². The molecule has 5 rings (SSSR count). The SMILES string of the molecule is COc1ccc(-n2c(C3CCCCN3C(=O)c3c(C)cc(C(C)(C)C)cc3C)nc3cc(C)ccc32)cc1. The Morgan fingerprint density at radius 1 is 0.947 bits per heavy atom. The van der Waals surface area contributed by atoms with Crippen molar-refractivity contribution in [1.82, 2.24) is 14.5 Å². The summed E-state index contributed by atoms with van der Waals surface area (Å²) in [5.74, 6) is 1.84. The Balaban J connectivity index is 1.63. The van der Waals surface area contributed by atoms with Crippen molar-refractivity contribution in [2.75, 3.05) is 13.7 Å². The number of fused-ring (bicyclic) bond motifs is 1. The van der Waals surface area contributed by atoms with E-state index >= 15 is 0 Å². The number of hydrogen-bond donors (Lipinski definition) is 0. The molecule has 4 aromatic rings. The molecule has 1 fully saturated rings. The summed E-state index contributed by atoms with van der Waals surface area (Å²) in [6.07, 6.45) is 2.96. The van der Waals surface area contributed by atoms with Crippen LogP contribution < -0.4 is 4.74 Å². The van der Waals surface area contributed by atoms with Gasteiger partial charge in [0.2, 0.25) is 0 Å². The lowest BCUT2D eigenvalue weighted by Gasteiger charge is -2.36. The number of amides is 1. The number of ether oxygens (including phenoxy) is 1. The molecular formula is C33H39N3O2. The number of carbonyl (C=O) groups excluding carboxylic acids is 1. The van der Waals surface area contributed by atoms with Gasteiger partial charge in [0.1, 0.15) is 11.6 Å². The maximum absolute atomic E-state index is 14.3. The number of carbonyl (C=O) groups is 1. The molecule has 1 aliphatic rings. The summed E-state index contributed by atoms with van der Waals surface area (Å²) in [6, 6.07) is 18.8. The van der Waals surface area contributed by atoms with E-state index in [0.717, 1.165) is 70.8 Å². The minimum Gasteiger partial charge on any atom is -0.497 e. The summed E-state index contributed by atoms with van der Waals surface area (Å²) in [7, 11) is 1.68. The van der Waals surface area contributed by atoms with Crippen LogP contribution in [0.1, 0.15) is 84.5 Å². The van der Waals surface area contributed by atoms with E-state index in [4.69, 9.17) is 9.72 Å². The molecule has 1 aromatic heterocycles. The Bertz CT molecular complexity index is 1470. The highest BCUT2D eigenvalue weighted by atomic mass is 16.5. The van der Waals surface area contributed by atoms with Gasteiger partial charge >= 0.3 is 0 Å². The highest BCUT2D eigenvalue weighted by molar-refractivity contribution is 5.97. The van der Waals surface area contributed by atoms with Crippen LogP contribution in [0.2, 0.25) is 0 Å². The molecular weight excluding hydrogens is 470 g/mol. The quantitative estimate of drug-likeness (QED) is 0.284. The summed E-state index contributed by atoms with van der Waals surface area (Å²) in [5.41, 5.74) is 8.41. The Kier molecular flexibility index (Phi) is 6.81. The van der Waals surface area contributed by atoms with Crippen molar-refractivity contribution in [3.05, 3.63) is 88.2 Å². The number of benzene rings is 3. The molecule has 0 N–H and O–H groups in total. The van der Waals surface area contributed by atoms with Crippen molar-refractivity contribution in [3.8, 4) is 11.4 Å². The molecule has 1 atom stereocenters. The highest BCUT2D eigenvalue weighted by Gasteiger charge is 2.34. The molecule has 198 valence electrons. The number of piperidine rings is 1. The molecule has 0 radical (unpaired) electrons. The Morgan fingerprint density at radius 2 is 1.63 bits per heavy atom. The lowest BCUT2D eigenvalue weighted by molar-refractivity contribution is 0.0597. The number of aryl methyl sites for hydroxylation is 3. The van der Waals surface area contributed by atoms with Crippen LogP contribution in [0.15, 0.2) is 54.6 Å². The van der Waals surface area contributed by atoms with Gasteiger partial charge in [-0.2, -0.15) is 0 Å². The van der Waals surface area contributed by atoms with Gasteiger partial charge in [-0.1, -0.05) is 39.0 Å². The zero-order valence-electron chi connectivity index (χ0n) is 23.8. The minimum absolute atomic E-state index is 0.0338. The highest BCUT2D eigenvalue weighted by Crippen LogP contribution is 2.37. The molecule has 2 heterocycles. The lowest BCUT2D eigenvalue weighted by atomic mass is 9.83. The van der Waals surface area contributed by atoms with Crippen LogP contribution in [0.5, 0.6) is 5.75 Å². The van der Waals surface area contributed by atoms with Gasteiger partial charge in [0.15, 0.2) is 0 Å². The van der Waals surface area contributed by atoms with Gasteiger partial charge in [0, 0.05) is 17.8 Å². The normalized spacial score (nSPS) is 16.2. The monoisotopic (exact) mass is 509 g/mol. The second-order valence-corrected chi connectivity index (χ2v) is 11.7. The number of methoxy groups -OCH3 is 1. The van der Waals surface area contributed by atoms with Gasteiger partial charge in [0.05, 0.1) is 24.2 Å². The zero-order chi connectivity index (χ0) is 27.2. The summed E-state index contributed by atoms with van der Waals surface area (Å²) in [4.78, 5) is 21.5. The van der Waals surface area contributed by atoms with Crippen molar-refractivity contribution in [2.45, 2.75) is 72.3 Å². The first-order valence-electron chi connectivity index (χ1n) is 13.6. The van der Waals surface area contributed by atoms with E-state index in [9.17, 15) is 4.79 Å². The molecule has 1 unspecified atom stereocenters. The standard InChI is InChI=1S/C33H39N3O2/c1-21-11-16-28-27(18-21)34-31(36(28)25-12-14-26(38-7)15-13-25)29-10-8-9-17-35(29)32(37)30-22(2)19-24(20-23(30)3)33(4,5)6/h11-16,18-20,29H,8-10,17H2,1-7H3. The van der Waals surface area contributed by atoms with Gasteiger partial charge in [-0.15, -0.1) is 0 Å². The van der Waals surface area contributed by atoms with Crippen molar-refractivity contribution in [3.63, 3.8) is 0 Å². The van der Waals surface area contributed by atoms with Crippen molar-refractivity contribution >= 4 is 16.9 Å². The first-order chi connectivity index (χ1) is 18.1. The number of likely N-dealkylation sites (tertiary alicyclic amines) is 1. The molecule has 0 aliphatic carbocycles. The topological polar surface area (TPSA) is 47.4 Å². The second-order valence-electron chi connectivity index (χ2n) is 11.7. The van der Waals surface area contributed by atoms with Gasteiger partial charge in [-0.05, 0) is 104 Å². The summed E-state index contributed by atoms with van der Waals surface area (Å²) < 4.78 is 7.64. The maximum atomic E-state index is 14.3. The Labute approximate surface area is 226 Å². The third-order valence-electron chi connectivity index (χ3n) is 7.84. The van der Waals surface area contributed by atoms with E-state index in [1.54, 1.807) is 7.11 Å². The molecule has 3 aromatic carbocycles. The van der Waals surface area contributed by atoms with Crippen LogP contribution in [-0.4, -0.2) is 34.0 Å². The predicted octanol–water partition coefficient (Wildman–Crippen LogP) is 7.62. The molecule has 0 spiro atoms. The first kappa shape index (κ1) is 26.0. The van der Waals surface area contributed by atoms with Crippen LogP contribution in [0.25, 0.3) is 16.7 Å². The van der Waals surface area contributed by atoms with Gasteiger partial charge in [0.25, 0.3) is 5.91 Å². The lowest BCUT2D eigenvalue weighted by Crippen LogP contribution is -2.40. The largest absolute Gasteiger partial charge is 0.497 e. The second kappa shape index (κ2) is 9.94. The van der Waals surface area contributed by atoms with Crippen LogP contribution in [0.4, 0.5) is 0 Å². The molecule has 0 saturated carbocycles. The average Bonchev–Trinajstić information content (AvgIpc) is 3.26. The number of imidazole rings is 1. The molecule has 1 amide bonds. The van der Waals surface area contributed by atoms with Crippen LogP contribution in [0, 0.1) is 20.8 Å². The summed E-state index contributed by atoms with van der Waals surface area (Å²) in [5, 5.41) is 0. The van der Waals surface area contributed by atoms with Crippen LogP contribution in [-0.2, 0) is 5.41 Å². The van der Waals surface area contributed by atoms with E-state index in [1.807, 2.05) is 12.1 Å². The molecule has 1 saturated heterocycles. The van der Waals surface area contributed by atoms with Gasteiger partial charge < -0.3 is 9.64 Å². The maximum Gasteiger partial charge on any atom is 0.255 e. The number of rotatable bonds is 4. The fourth-order valence-corrected chi connectivity index (χ4v) is 5.76. The molecule has 5 nitrogen and oxygen atoms in total. The summed E-state index contributed by atoms with van der Waals surface area (Å²) in [6.45, 7) is 13.6. The van der Waals surface area contributed by atoms with Crippen molar-refractivity contribution in [2.24, 2.45) is 0 Å². The van der Waals surface area contributed by atoms with E-state index in [2.05, 4.69) is 93.5 Å². The van der Waals surface area contributed by atoms with Crippen molar-refractivity contribution < 1.29 is 9.53 Å². The predicted molar refractivity (Wildman–Crippen MR) is 155 cm³/mol. The molecule has 0 bridgehead atoms.